The number of aliphatic hydroxyl groups excluding tert-OH is 1. The van der Waals surface area contributed by atoms with E-state index in [0.717, 1.165) is 34.4 Å². The molecule has 0 spiro atoms. The van der Waals surface area contributed by atoms with Crippen molar-refractivity contribution in [3.05, 3.63) is 34.4 Å². The van der Waals surface area contributed by atoms with Crippen LogP contribution in [0, 0.1) is 18.8 Å². The average molecular weight is 401 g/mol. The van der Waals surface area contributed by atoms with Crippen molar-refractivity contribution >= 4 is 0 Å². The number of fused-ring (bicyclic) bond motifs is 4. The summed E-state index contributed by atoms with van der Waals surface area (Å²) in [6.07, 6.45) is 1.65. The summed E-state index contributed by atoms with van der Waals surface area (Å²) in [4.78, 5) is 0. The van der Waals surface area contributed by atoms with Crippen molar-refractivity contribution in [2.45, 2.75) is 89.3 Å². The summed E-state index contributed by atoms with van der Waals surface area (Å²) < 4.78 is 13.0. The Balaban J connectivity index is 1.79. The van der Waals surface area contributed by atoms with Gasteiger partial charge in [-0.2, -0.15) is 0 Å². The van der Waals surface area contributed by atoms with Gasteiger partial charge in [-0.05, 0) is 77.2 Å². The van der Waals surface area contributed by atoms with E-state index in [4.69, 9.17) is 9.47 Å². The molecule has 2 heterocycles. The first-order valence-electron chi connectivity index (χ1n) is 10.7. The highest BCUT2D eigenvalue weighted by Crippen LogP contribution is 2.64. The van der Waals surface area contributed by atoms with Crippen LogP contribution in [0.5, 0.6) is 11.5 Å². The van der Waals surface area contributed by atoms with Crippen molar-refractivity contribution in [3.8, 4) is 11.5 Å². The molecule has 5 rings (SSSR count). The van der Waals surface area contributed by atoms with Crippen LogP contribution in [-0.4, -0.2) is 44.3 Å². The number of hydrogen-bond donors (Lipinski definition) is 3. The van der Waals surface area contributed by atoms with Gasteiger partial charge in [0.15, 0.2) is 0 Å². The highest BCUT2D eigenvalue weighted by atomic mass is 16.5. The Morgan fingerprint density at radius 1 is 1.10 bits per heavy atom. The molecule has 0 aromatic heterocycles. The van der Waals surface area contributed by atoms with E-state index in [1.165, 1.54) is 0 Å². The number of aryl methyl sites for hydroxylation is 1. The van der Waals surface area contributed by atoms with Crippen LogP contribution < -0.4 is 4.74 Å². The van der Waals surface area contributed by atoms with Crippen LogP contribution in [0.1, 0.15) is 63.6 Å². The second-order valence-electron chi connectivity index (χ2n) is 10.8. The predicted octanol–water partition coefficient (Wildman–Crippen LogP) is 3.36. The number of phenols is 1. The minimum atomic E-state index is -1.23. The van der Waals surface area contributed by atoms with E-state index in [-0.39, 0.29) is 35.1 Å². The van der Waals surface area contributed by atoms with Gasteiger partial charge < -0.3 is 24.8 Å². The van der Waals surface area contributed by atoms with Gasteiger partial charge in [-0.3, -0.25) is 0 Å². The molecule has 2 aliphatic heterocycles. The fraction of sp³-hybridized carbons (Fsp3) is 0.667. The van der Waals surface area contributed by atoms with Crippen molar-refractivity contribution in [3.63, 3.8) is 0 Å². The zero-order valence-electron chi connectivity index (χ0n) is 18.1. The molecule has 1 fully saturated rings. The third-order valence-corrected chi connectivity index (χ3v) is 7.92. The van der Waals surface area contributed by atoms with Crippen LogP contribution in [0.2, 0.25) is 0 Å². The van der Waals surface area contributed by atoms with Crippen molar-refractivity contribution < 1.29 is 24.8 Å². The lowest BCUT2D eigenvalue weighted by Crippen LogP contribution is -2.52. The largest absolute Gasteiger partial charge is 0.508 e. The van der Waals surface area contributed by atoms with Gasteiger partial charge in [0.1, 0.15) is 23.7 Å². The molecule has 2 aliphatic carbocycles. The van der Waals surface area contributed by atoms with Crippen molar-refractivity contribution in [1.29, 1.82) is 0 Å². The normalized spacial score (nSPS) is 41.0. The quantitative estimate of drug-likeness (QED) is 0.582. The number of aliphatic hydroxyl groups is 2. The molecule has 0 bridgehead atoms. The van der Waals surface area contributed by atoms with Crippen LogP contribution in [0.4, 0.5) is 0 Å². The highest BCUT2D eigenvalue weighted by molar-refractivity contribution is 5.61. The first-order valence-corrected chi connectivity index (χ1v) is 10.7. The standard InChI is InChI=1S/C24H32O5/c1-11-7-15(25)12-8-14-20(23(4,5)29-22(14,2)3)18-13-9-17(26)24(6,27)10-16(13)28-21(11)19(12)18/h7,9,14,16-18,20,25-27H,8,10H2,1-6H3. The maximum Gasteiger partial charge on any atom is 0.127 e. The zero-order valence-corrected chi connectivity index (χ0v) is 18.1. The zero-order chi connectivity index (χ0) is 21.1. The Morgan fingerprint density at radius 2 is 1.79 bits per heavy atom. The molecule has 29 heavy (non-hydrogen) atoms. The third kappa shape index (κ3) is 2.50. The van der Waals surface area contributed by atoms with E-state index < -0.39 is 11.7 Å². The fourth-order valence-corrected chi connectivity index (χ4v) is 6.70. The van der Waals surface area contributed by atoms with Crippen LogP contribution >= 0.6 is 0 Å². The average Bonchev–Trinajstić information content (AvgIpc) is 2.77. The second kappa shape index (κ2) is 5.57. The molecule has 5 nitrogen and oxygen atoms in total. The lowest BCUT2D eigenvalue weighted by Gasteiger charge is -2.50. The molecule has 1 aromatic rings. The van der Waals surface area contributed by atoms with E-state index in [1.807, 2.05) is 6.92 Å². The number of hydrogen-bond acceptors (Lipinski definition) is 5. The second-order valence-corrected chi connectivity index (χ2v) is 10.8. The van der Waals surface area contributed by atoms with Crippen LogP contribution in [-0.2, 0) is 11.2 Å². The molecule has 1 saturated heterocycles. The first-order chi connectivity index (χ1) is 13.3. The molecule has 0 radical (unpaired) electrons. The van der Waals surface area contributed by atoms with Gasteiger partial charge in [-0.25, -0.2) is 0 Å². The maximum atomic E-state index is 10.8. The monoisotopic (exact) mass is 400 g/mol. The Morgan fingerprint density at radius 3 is 2.48 bits per heavy atom. The molecule has 6 unspecified atom stereocenters. The summed E-state index contributed by atoms with van der Waals surface area (Å²) in [6.45, 7) is 12.2. The Kier molecular flexibility index (Phi) is 3.73. The predicted molar refractivity (Wildman–Crippen MR) is 109 cm³/mol. The molecule has 3 N–H and O–H groups in total. The van der Waals surface area contributed by atoms with E-state index in [1.54, 1.807) is 19.1 Å². The van der Waals surface area contributed by atoms with Gasteiger partial charge in [0.05, 0.1) is 16.8 Å². The molecular weight excluding hydrogens is 368 g/mol. The minimum Gasteiger partial charge on any atom is -0.508 e. The maximum absolute atomic E-state index is 10.8. The molecule has 0 saturated carbocycles. The molecule has 1 aromatic carbocycles. The van der Waals surface area contributed by atoms with Gasteiger partial charge in [0.2, 0.25) is 0 Å². The molecule has 4 aliphatic rings. The molecule has 6 atom stereocenters. The summed E-state index contributed by atoms with van der Waals surface area (Å²) in [5.41, 5.74) is 2.01. The van der Waals surface area contributed by atoms with Crippen LogP contribution in [0.15, 0.2) is 17.7 Å². The Bertz CT molecular complexity index is 926. The number of benzene rings is 1. The van der Waals surface area contributed by atoms with Crippen LogP contribution in [0.25, 0.3) is 0 Å². The summed E-state index contributed by atoms with van der Waals surface area (Å²) in [7, 11) is 0. The first kappa shape index (κ1) is 19.4. The number of phenolic OH excluding ortho intramolecular Hbond substituents is 1. The Hall–Kier alpha value is -1.56. The molecule has 158 valence electrons. The summed E-state index contributed by atoms with van der Waals surface area (Å²) in [5, 5.41) is 32.2. The SMILES string of the molecule is Cc1cc(O)c2c3c1OC1CC(C)(O)C(O)C=C1C3C1C(C2)C(C)(C)OC1(C)C. The lowest BCUT2D eigenvalue weighted by molar-refractivity contribution is -0.0839. The highest BCUT2D eigenvalue weighted by Gasteiger charge is 2.62. The molecule has 5 heteroatoms. The lowest BCUT2D eigenvalue weighted by atomic mass is 9.57. The van der Waals surface area contributed by atoms with Gasteiger partial charge >= 0.3 is 0 Å². The van der Waals surface area contributed by atoms with Crippen molar-refractivity contribution in [2.75, 3.05) is 0 Å². The Labute approximate surface area is 172 Å². The molecule has 0 amide bonds. The number of aromatic hydroxyl groups is 1. The van der Waals surface area contributed by atoms with Crippen LogP contribution in [0.3, 0.4) is 0 Å². The summed E-state index contributed by atoms with van der Waals surface area (Å²) >= 11 is 0. The van der Waals surface area contributed by atoms with Crippen molar-refractivity contribution in [1.82, 2.24) is 0 Å². The smallest absolute Gasteiger partial charge is 0.127 e. The van der Waals surface area contributed by atoms with E-state index >= 15 is 0 Å². The topological polar surface area (TPSA) is 79.2 Å². The van der Waals surface area contributed by atoms with E-state index in [0.29, 0.717) is 12.2 Å². The van der Waals surface area contributed by atoms with Gasteiger partial charge in [-0.1, -0.05) is 0 Å². The third-order valence-electron chi connectivity index (χ3n) is 7.92. The van der Waals surface area contributed by atoms with Gasteiger partial charge in [0.25, 0.3) is 0 Å². The van der Waals surface area contributed by atoms with E-state index in [2.05, 4.69) is 27.7 Å². The summed E-state index contributed by atoms with van der Waals surface area (Å²) in [6, 6.07) is 1.80. The van der Waals surface area contributed by atoms with Gasteiger partial charge in [-0.15, -0.1) is 0 Å². The van der Waals surface area contributed by atoms with E-state index in [9.17, 15) is 15.3 Å². The number of rotatable bonds is 0. The fourth-order valence-electron chi connectivity index (χ4n) is 6.70. The number of ether oxygens (including phenoxy) is 2. The van der Waals surface area contributed by atoms with Gasteiger partial charge in [0, 0.05) is 29.4 Å². The van der Waals surface area contributed by atoms with Crippen molar-refractivity contribution in [2.24, 2.45) is 11.8 Å². The summed E-state index contributed by atoms with van der Waals surface area (Å²) in [5.74, 6) is 1.56. The molecular formula is C24H32O5. The minimum absolute atomic E-state index is 0.00850.